The second-order valence-corrected chi connectivity index (χ2v) is 3.50. The number of rotatable bonds is 3. The van der Waals surface area contributed by atoms with Gasteiger partial charge in [-0.05, 0) is 31.5 Å². The number of benzene rings is 1. The second-order valence-electron chi connectivity index (χ2n) is 3.10. The van der Waals surface area contributed by atoms with E-state index in [-0.39, 0.29) is 0 Å². The molecule has 0 saturated heterocycles. The van der Waals surface area contributed by atoms with Gasteiger partial charge in [0, 0.05) is 0 Å². The van der Waals surface area contributed by atoms with Crippen molar-refractivity contribution in [3.8, 4) is 5.75 Å². The van der Waals surface area contributed by atoms with Gasteiger partial charge in [-0.15, -0.1) is 0 Å². The van der Waals surface area contributed by atoms with E-state index in [9.17, 15) is 4.79 Å². The lowest BCUT2D eigenvalue weighted by molar-refractivity contribution is -0.123. The smallest absolute Gasteiger partial charge is 0.258 e. The fourth-order valence-corrected chi connectivity index (χ4v) is 1.11. The van der Waals surface area contributed by atoms with Crippen molar-refractivity contribution in [3.63, 3.8) is 0 Å². The number of nitrogens with two attached hydrogens (primary N) is 1. The molecule has 4 heteroatoms. The van der Waals surface area contributed by atoms with Crippen molar-refractivity contribution in [3.05, 3.63) is 28.8 Å². The number of carbonyl (C=O) groups is 1. The third-order valence-electron chi connectivity index (χ3n) is 1.79. The molecule has 3 nitrogen and oxygen atoms in total. The van der Waals surface area contributed by atoms with Gasteiger partial charge in [-0.25, -0.2) is 0 Å². The van der Waals surface area contributed by atoms with E-state index in [0.717, 1.165) is 5.56 Å². The third kappa shape index (κ3) is 2.64. The van der Waals surface area contributed by atoms with Crippen LogP contribution in [0.2, 0.25) is 5.02 Å². The highest BCUT2D eigenvalue weighted by Gasteiger charge is 2.12. The Bertz CT molecular complexity index is 352. The Balaban J connectivity index is 2.85. The first-order chi connectivity index (χ1) is 6.50. The van der Waals surface area contributed by atoms with E-state index in [1.165, 1.54) is 0 Å². The number of amides is 1. The molecule has 0 saturated carbocycles. The van der Waals surface area contributed by atoms with Gasteiger partial charge in [0.15, 0.2) is 6.10 Å². The molecule has 14 heavy (non-hydrogen) atoms. The first-order valence-corrected chi connectivity index (χ1v) is 4.60. The molecule has 0 heterocycles. The van der Waals surface area contributed by atoms with Gasteiger partial charge in [0.1, 0.15) is 5.75 Å². The minimum absolute atomic E-state index is 0.476. The molecule has 1 aromatic rings. The molecule has 0 unspecified atom stereocenters. The van der Waals surface area contributed by atoms with Crippen LogP contribution in [0.5, 0.6) is 5.75 Å². The first-order valence-electron chi connectivity index (χ1n) is 4.23. The van der Waals surface area contributed by atoms with Gasteiger partial charge in [-0.2, -0.15) is 0 Å². The van der Waals surface area contributed by atoms with E-state index >= 15 is 0 Å². The lowest BCUT2D eigenvalue weighted by Crippen LogP contribution is -2.30. The van der Waals surface area contributed by atoms with Crippen LogP contribution in [0.1, 0.15) is 12.5 Å². The molecule has 1 rings (SSSR count). The number of aryl methyl sites for hydroxylation is 1. The number of halogens is 1. The largest absolute Gasteiger partial charge is 0.479 e. The summed E-state index contributed by atoms with van der Waals surface area (Å²) >= 11 is 5.87. The van der Waals surface area contributed by atoms with Crippen molar-refractivity contribution in [2.75, 3.05) is 0 Å². The minimum atomic E-state index is -0.672. The first kappa shape index (κ1) is 10.9. The molecule has 0 aliphatic carbocycles. The molecule has 0 bridgehead atoms. The summed E-state index contributed by atoms with van der Waals surface area (Å²) in [5, 5.41) is 0.476. The Kier molecular flexibility index (Phi) is 3.36. The fraction of sp³-hybridized carbons (Fsp3) is 0.300. The standard InChI is InChI=1S/C10H12ClNO2/c1-6-3-4-8(11)9(5-6)14-7(2)10(12)13/h3-5,7H,1-2H3,(H2,12,13)/t7-/m0/s1. The second kappa shape index (κ2) is 4.33. The predicted molar refractivity (Wildman–Crippen MR) is 55.5 cm³/mol. The Morgan fingerprint density at radius 1 is 1.57 bits per heavy atom. The molecule has 1 aromatic carbocycles. The van der Waals surface area contributed by atoms with Gasteiger partial charge in [0.2, 0.25) is 0 Å². The molecule has 0 aliphatic rings. The Labute approximate surface area is 87.8 Å². The maximum Gasteiger partial charge on any atom is 0.258 e. The Morgan fingerprint density at radius 3 is 2.79 bits per heavy atom. The van der Waals surface area contributed by atoms with Crippen molar-refractivity contribution < 1.29 is 9.53 Å². The van der Waals surface area contributed by atoms with Crippen LogP contribution in [0.4, 0.5) is 0 Å². The van der Waals surface area contributed by atoms with Crippen LogP contribution in [0.15, 0.2) is 18.2 Å². The molecule has 2 N–H and O–H groups in total. The highest BCUT2D eigenvalue weighted by molar-refractivity contribution is 6.32. The fourth-order valence-electron chi connectivity index (χ4n) is 0.949. The molecular weight excluding hydrogens is 202 g/mol. The minimum Gasteiger partial charge on any atom is -0.479 e. The maximum atomic E-state index is 10.8. The van der Waals surface area contributed by atoms with E-state index in [4.69, 9.17) is 22.1 Å². The maximum absolute atomic E-state index is 10.8. The molecule has 0 aromatic heterocycles. The number of hydrogen-bond acceptors (Lipinski definition) is 2. The van der Waals surface area contributed by atoms with Crippen LogP contribution >= 0.6 is 11.6 Å². The van der Waals surface area contributed by atoms with Gasteiger partial charge in [-0.3, -0.25) is 4.79 Å². The van der Waals surface area contributed by atoms with E-state index in [1.54, 1.807) is 19.1 Å². The number of hydrogen-bond donors (Lipinski definition) is 1. The lowest BCUT2D eigenvalue weighted by atomic mass is 10.2. The van der Waals surface area contributed by atoms with Gasteiger partial charge in [0.05, 0.1) is 5.02 Å². The summed E-state index contributed by atoms with van der Waals surface area (Å²) in [6.45, 7) is 3.50. The summed E-state index contributed by atoms with van der Waals surface area (Å²) in [5.74, 6) is -0.0273. The predicted octanol–water partition coefficient (Wildman–Crippen LogP) is 1.90. The van der Waals surface area contributed by atoms with E-state index in [1.807, 2.05) is 13.0 Å². The zero-order valence-corrected chi connectivity index (χ0v) is 8.84. The lowest BCUT2D eigenvalue weighted by Gasteiger charge is -2.12. The quantitative estimate of drug-likeness (QED) is 0.834. The zero-order chi connectivity index (χ0) is 10.7. The summed E-state index contributed by atoms with van der Waals surface area (Å²) in [7, 11) is 0. The summed E-state index contributed by atoms with van der Waals surface area (Å²) in [5.41, 5.74) is 6.08. The average Bonchev–Trinajstić information content (AvgIpc) is 2.11. The summed E-state index contributed by atoms with van der Waals surface area (Å²) in [4.78, 5) is 10.8. The van der Waals surface area contributed by atoms with E-state index in [0.29, 0.717) is 10.8 Å². The van der Waals surface area contributed by atoms with Crippen molar-refractivity contribution in [2.24, 2.45) is 5.73 Å². The highest BCUT2D eigenvalue weighted by atomic mass is 35.5. The van der Waals surface area contributed by atoms with Gasteiger partial charge >= 0.3 is 0 Å². The molecule has 0 radical (unpaired) electrons. The van der Waals surface area contributed by atoms with Crippen molar-refractivity contribution in [1.29, 1.82) is 0 Å². The summed E-state index contributed by atoms with van der Waals surface area (Å²) < 4.78 is 5.28. The monoisotopic (exact) mass is 213 g/mol. The Morgan fingerprint density at radius 2 is 2.21 bits per heavy atom. The topological polar surface area (TPSA) is 52.3 Å². The van der Waals surface area contributed by atoms with Crippen molar-refractivity contribution >= 4 is 17.5 Å². The molecule has 1 atom stereocenters. The van der Waals surface area contributed by atoms with Crippen LogP contribution in [0.3, 0.4) is 0 Å². The third-order valence-corrected chi connectivity index (χ3v) is 2.10. The Hall–Kier alpha value is -1.22. The molecular formula is C10H12ClNO2. The number of ether oxygens (including phenoxy) is 1. The van der Waals surface area contributed by atoms with Gasteiger partial charge in [-0.1, -0.05) is 17.7 Å². The van der Waals surface area contributed by atoms with Crippen LogP contribution in [-0.4, -0.2) is 12.0 Å². The van der Waals surface area contributed by atoms with Gasteiger partial charge < -0.3 is 10.5 Å². The molecule has 0 spiro atoms. The molecule has 0 fully saturated rings. The SMILES string of the molecule is Cc1ccc(Cl)c(O[C@@H](C)C(N)=O)c1. The summed E-state index contributed by atoms with van der Waals surface area (Å²) in [6.07, 6.45) is -0.672. The number of primary amides is 1. The molecule has 0 aliphatic heterocycles. The normalized spacial score (nSPS) is 12.2. The van der Waals surface area contributed by atoms with E-state index in [2.05, 4.69) is 0 Å². The molecule has 1 amide bonds. The van der Waals surface area contributed by atoms with Crippen molar-refractivity contribution in [1.82, 2.24) is 0 Å². The van der Waals surface area contributed by atoms with Crippen LogP contribution in [-0.2, 0) is 4.79 Å². The van der Waals surface area contributed by atoms with Crippen LogP contribution < -0.4 is 10.5 Å². The summed E-state index contributed by atoms with van der Waals surface area (Å²) in [6, 6.07) is 5.35. The highest BCUT2D eigenvalue weighted by Crippen LogP contribution is 2.26. The van der Waals surface area contributed by atoms with Crippen LogP contribution in [0, 0.1) is 6.92 Å². The van der Waals surface area contributed by atoms with Crippen LogP contribution in [0.25, 0.3) is 0 Å². The van der Waals surface area contributed by atoms with E-state index < -0.39 is 12.0 Å². The zero-order valence-electron chi connectivity index (χ0n) is 8.08. The average molecular weight is 214 g/mol. The van der Waals surface area contributed by atoms with Gasteiger partial charge in [0.25, 0.3) is 5.91 Å². The molecule has 76 valence electrons. The number of carbonyl (C=O) groups excluding carboxylic acids is 1. The van der Waals surface area contributed by atoms with Crippen molar-refractivity contribution in [2.45, 2.75) is 20.0 Å².